The van der Waals surface area contributed by atoms with Crippen molar-refractivity contribution < 1.29 is 42.1 Å². The van der Waals surface area contributed by atoms with Crippen molar-refractivity contribution in [3.05, 3.63) is 170 Å². The minimum Gasteiger partial charge on any atom is -0.756 e. The molecule has 0 aliphatic heterocycles. The lowest BCUT2D eigenvalue weighted by molar-refractivity contribution is -0.870. The molecule has 414 valence electrons. The first kappa shape index (κ1) is 69.4. The van der Waals surface area contributed by atoms with Crippen molar-refractivity contribution >= 4 is 19.8 Å². The van der Waals surface area contributed by atoms with Crippen LogP contribution in [0.5, 0.6) is 0 Å². The number of allylic oxidation sites excluding steroid dienone is 28. The van der Waals surface area contributed by atoms with E-state index in [1.54, 1.807) is 0 Å². The molecule has 0 saturated carbocycles. The molecule has 0 fully saturated rings. The molecule has 0 spiro atoms. The highest BCUT2D eigenvalue weighted by molar-refractivity contribution is 7.45. The predicted octanol–water partition coefficient (Wildman–Crippen LogP) is 16.8. The molecule has 0 heterocycles. The summed E-state index contributed by atoms with van der Waals surface area (Å²) in [6, 6.07) is 0. The smallest absolute Gasteiger partial charge is 0.306 e. The van der Waals surface area contributed by atoms with E-state index in [0.29, 0.717) is 30.3 Å². The summed E-state index contributed by atoms with van der Waals surface area (Å²) in [5.41, 5.74) is 0. The van der Waals surface area contributed by atoms with Gasteiger partial charge in [-0.05, 0) is 122 Å². The summed E-state index contributed by atoms with van der Waals surface area (Å²) in [6.07, 6.45) is 81.2. The Bertz CT molecular complexity index is 1850. The van der Waals surface area contributed by atoms with Crippen LogP contribution in [0.25, 0.3) is 0 Å². The Kier molecular flexibility index (Phi) is 49.9. The minimum atomic E-state index is -4.67. The topological polar surface area (TPSA) is 111 Å². The molecule has 10 heteroatoms. The third-order valence-corrected chi connectivity index (χ3v) is 11.7. The lowest BCUT2D eigenvalue weighted by Gasteiger charge is -2.28. The second-order valence-corrected chi connectivity index (χ2v) is 20.2. The van der Waals surface area contributed by atoms with Crippen LogP contribution in [-0.4, -0.2) is 70.0 Å². The Balaban J connectivity index is 4.33. The largest absolute Gasteiger partial charge is 0.756 e. The fraction of sp³-hybridized carbons (Fsp3) is 0.531. The third kappa shape index (κ3) is 56.7. The molecule has 0 amide bonds. The van der Waals surface area contributed by atoms with Crippen LogP contribution >= 0.6 is 7.82 Å². The van der Waals surface area contributed by atoms with Crippen LogP contribution in [0.3, 0.4) is 0 Å². The fourth-order valence-corrected chi connectivity index (χ4v) is 7.23. The molecule has 0 aromatic rings. The van der Waals surface area contributed by atoms with E-state index < -0.39 is 32.5 Å². The first-order valence-electron chi connectivity index (χ1n) is 27.8. The van der Waals surface area contributed by atoms with Gasteiger partial charge in [0.15, 0.2) is 6.10 Å². The van der Waals surface area contributed by atoms with Gasteiger partial charge in [-0.15, -0.1) is 0 Å². The highest BCUT2D eigenvalue weighted by Gasteiger charge is 2.21. The van der Waals surface area contributed by atoms with Crippen LogP contribution < -0.4 is 4.89 Å². The number of unbranched alkanes of at least 4 members (excludes halogenated alkanes) is 6. The van der Waals surface area contributed by atoms with Gasteiger partial charge in [-0.3, -0.25) is 14.2 Å². The van der Waals surface area contributed by atoms with E-state index in [2.05, 4.69) is 178 Å². The second-order valence-electron chi connectivity index (χ2n) is 18.8. The van der Waals surface area contributed by atoms with Crippen LogP contribution in [0, 0.1) is 0 Å². The molecular formula is C64H100NO8P. The van der Waals surface area contributed by atoms with Crippen molar-refractivity contribution in [2.45, 2.75) is 174 Å². The van der Waals surface area contributed by atoms with Gasteiger partial charge in [0.25, 0.3) is 7.82 Å². The lowest BCUT2D eigenvalue weighted by atomic mass is 10.1. The zero-order valence-electron chi connectivity index (χ0n) is 46.7. The molecule has 0 aliphatic rings. The molecule has 0 aromatic carbocycles. The summed E-state index contributed by atoms with van der Waals surface area (Å²) >= 11 is 0. The molecule has 0 N–H and O–H groups in total. The minimum absolute atomic E-state index is 0.0546. The zero-order chi connectivity index (χ0) is 54.2. The van der Waals surface area contributed by atoms with Crippen molar-refractivity contribution in [1.82, 2.24) is 0 Å². The van der Waals surface area contributed by atoms with E-state index in [-0.39, 0.29) is 26.1 Å². The van der Waals surface area contributed by atoms with Gasteiger partial charge in [0.1, 0.15) is 19.8 Å². The van der Waals surface area contributed by atoms with Crippen molar-refractivity contribution in [3.63, 3.8) is 0 Å². The Morgan fingerprint density at radius 2 is 0.743 bits per heavy atom. The van der Waals surface area contributed by atoms with Crippen LogP contribution in [0.15, 0.2) is 170 Å². The summed E-state index contributed by atoms with van der Waals surface area (Å²) < 4.78 is 34.0. The third-order valence-electron chi connectivity index (χ3n) is 10.7. The number of hydrogen-bond donors (Lipinski definition) is 0. The Labute approximate surface area is 451 Å². The van der Waals surface area contributed by atoms with Crippen LogP contribution in [0.1, 0.15) is 168 Å². The molecule has 0 aliphatic carbocycles. The number of ether oxygens (including phenoxy) is 2. The van der Waals surface area contributed by atoms with E-state index in [4.69, 9.17) is 18.5 Å². The summed E-state index contributed by atoms with van der Waals surface area (Å²) in [6.45, 7) is 3.88. The van der Waals surface area contributed by atoms with Crippen molar-refractivity contribution in [2.75, 3.05) is 47.5 Å². The number of nitrogens with zero attached hydrogens (tertiary/aromatic N) is 1. The molecule has 9 nitrogen and oxygen atoms in total. The van der Waals surface area contributed by atoms with E-state index in [9.17, 15) is 19.0 Å². The SMILES string of the molecule is CC/C=C\C/C=C\C/C=C\C/C=C\C/C=C\C/C=C\C/C=C\C/C=C\C/C=C\CCCCCCCC(=O)OC(COC(=O)CCC/C=C\C/C=C\C/C=C\C/C=C\C/C=C\CC)COP(=O)([O-])OCC[N+](C)(C)C. The van der Waals surface area contributed by atoms with Crippen LogP contribution in [0.2, 0.25) is 0 Å². The first-order valence-corrected chi connectivity index (χ1v) is 29.3. The summed E-state index contributed by atoms with van der Waals surface area (Å²) in [7, 11) is 1.09. The maximum absolute atomic E-state index is 12.8. The highest BCUT2D eigenvalue weighted by atomic mass is 31.2. The molecule has 0 rings (SSSR count). The van der Waals surface area contributed by atoms with Crippen molar-refractivity contribution in [1.29, 1.82) is 0 Å². The van der Waals surface area contributed by atoms with Crippen molar-refractivity contribution in [2.24, 2.45) is 0 Å². The first-order chi connectivity index (χ1) is 36.0. The monoisotopic (exact) mass is 1040 g/mol. The number of esters is 2. The average Bonchev–Trinajstić information content (AvgIpc) is 3.36. The fourth-order valence-electron chi connectivity index (χ4n) is 6.50. The van der Waals surface area contributed by atoms with Gasteiger partial charge in [0, 0.05) is 12.8 Å². The summed E-state index contributed by atoms with van der Waals surface area (Å²) in [5.74, 6) is -0.943. The van der Waals surface area contributed by atoms with Gasteiger partial charge in [0.05, 0.1) is 27.7 Å². The van der Waals surface area contributed by atoms with E-state index in [1.165, 1.54) is 0 Å². The molecular weight excluding hydrogens is 942 g/mol. The molecule has 74 heavy (non-hydrogen) atoms. The van der Waals surface area contributed by atoms with Gasteiger partial charge in [-0.25, -0.2) is 0 Å². The van der Waals surface area contributed by atoms with Crippen molar-refractivity contribution in [3.8, 4) is 0 Å². The maximum atomic E-state index is 12.8. The Morgan fingerprint density at radius 1 is 0.419 bits per heavy atom. The quantitative estimate of drug-likeness (QED) is 0.0195. The van der Waals surface area contributed by atoms with E-state index in [1.807, 2.05) is 27.2 Å². The van der Waals surface area contributed by atoms with Crippen LogP contribution in [-0.2, 0) is 32.7 Å². The number of phosphoric ester groups is 1. The van der Waals surface area contributed by atoms with Gasteiger partial charge in [-0.1, -0.05) is 203 Å². The van der Waals surface area contributed by atoms with Gasteiger partial charge >= 0.3 is 11.9 Å². The molecule has 2 atom stereocenters. The maximum Gasteiger partial charge on any atom is 0.306 e. The summed E-state index contributed by atoms with van der Waals surface area (Å²) in [5, 5.41) is 0. The zero-order valence-corrected chi connectivity index (χ0v) is 47.6. The van der Waals surface area contributed by atoms with Gasteiger partial charge in [0.2, 0.25) is 0 Å². The number of rotatable bonds is 48. The molecule has 0 aromatic heterocycles. The highest BCUT2D eigenvalue weighted by Crippen LogP contribution is 2.38. The number of carbonyl (C=O) groups excluding carboxylic acids is 2. The number of hydrogen-bond acceptors (Lipinski definition) is 8. The van der Waals surface area contributed by atoms with Gasteiger partial charge < -0.3 is 27.9 Å². The standard InChI is InChI=1S/C64H100NO8P/c1-6-8-10-12-14-16-18-20-22-24-25-26-27-28-29-30-31-32-33-34-35-36-37-38-39-41-43-45-47-49-51-53-55-57-64(67)73-62(61-72-74(68,69)71-59-58-65(3,4)5)60-70-63(66)56-54-52-50-48-46-44-42-40-23-21-19-17-15-13-11-9-7-2/h8-11,14-17,20-23,25-26,28-29,31-32,34-35,37-38,41-44,48,50,62H,6-7,12-13,18-19,24,27,30,33,36,39-40,45-47,49,51-61H2,1-5H3/b10-8-,11-9-,16-14-,17-15-,22-20-,23-21-,26-25-,29-28-,32-31-,35-34-,38-37-,43-41-,44-42-,50-48-. The van der Waals surface area contributed by atoms with E-state index >= 15 is 0 Å². The Hall–Kier alpha value is -4.63. The number of quaternary nitrogens is 1. The number of likely N-dealkylation sites (N-methyl/N-ethyl adjacent to an activating group) is 1. The Morgan fingerprint density at radius 3 is 1.12 bits per heavy atom. The predicted molar refractivity (Wildman–Crippen MR) is 313 cm³/mol. The number of phosphoric acid groups is 1. The summed E-state index contributed by atoms with van der Waals surface area (Å²) in [4.78, 5) is 37.8. The molecule has 0 saturated heterocycles. The average molecular weight is 1040 g/mol. The second kappa shape index (κ2) is 53.2. The molecule has 0 bridgehead atoms. The normalized spacial score (nSPS) is 14.6. The van der Waals surface area contributed by atoms with E-state index in [0.717, 1.165) is 122 Å². The molecule has 2 unspecified atom stereocenters. The molecule has 0 radical (unpaired) electrons. The number of carbonyl (C=O) groups is 2. The lowest BCUT2D eigenvalue weighted by Crippen LogP contribution is -2.37. The van der Waals surface area contributed by atoms with Gasteiger partial charge in [-0.2, -0.15) is 0 Å². The van der Waals surface area contributed by atoms with Crippen LogP contribution in [0.4, 0.5) is 0 Å².